The maximum atomic E-state index is 12.5. The Labute approximate surface area is 163 Å². The second kappa shape index (κ2) is 9.39. The molecule has 0 unspecified atom stereocenters. The minimum Gasteiger partial charge on any atom is -0.494 e. The lowest BCUT2D eigenvalue weighted by atomic mass is 10.2. The molecule has 1 heterocycles. The van der Waals surface area contributed by atoms with Crippen molar-refractivity contribution >= 4 is 29.0 Å². The van der Waals surface area contributed by atoms with Crippen molar-refractivity contribution in [3.8, 4) is 5.75 Å². The molecule has 3 rings (SSSR count). The molecule has 1 fully saturated rings. The zero-order chi connectivity index (χ0) is 19.1. The van der Waals surface area contributed by atoms with E-state index in [0.717, 1.165) is 23.1 Å². The molecule has 27 heavy (non-hydrogen) atoms. The summed E-state index contributed by atoms with van der Waals surface area (Å²) in [5.41, 5.74) is 2.04. The third kappa shape index (κ3) is 5.21. The molecule has 1 aliphatic heterocycles. The number of imide groups is 1. The fraction of sp³-hybridized carbons (Fsp3) is 0.238. The van der Waals surface area contributed by atoms with Crippen molar-refractivity contribution in [3.63, 3.8) is 0 Å². The van der Waals surface area contributed by atoms with Gasteiger partial charge in [-0.25, -0.2) is 0 Å². The van der Waals surface area contributed by atoms with E-state index in [0.29, 0.717) is 31.1 Å². The van der Waals surface area contributed by atoms with Crippen molar-refractivity contribution in [2.75, 3.05) is 19.7 Å². The van der Waals surface area contributed by atoms with Crippen LogP contribution >= 0.6 is 11.8 Å². The summed E-state index contributed by atoms with van der Waals surface area (Å²) in [4.78, 5) is 26.4. The van der Waals surface area contributed by atoms with Gasteiger partial charge in [-0.05, 0) is 48.0 Å². The molecule has 1 aliphatic rings. The SMILES string of the molecule is CCOc1ccc(/C=C2/SC(=O)N(CCNCc3ccccc3)C2=O)cc1. The van der Waals surface area contributed by atoms with Crippen LogP contribution in [0, 0.1) is 0 Å². The van der Waals surface area contributed by atoms with E-state index < -0.39 is 0 Å². The minimum atomic E-state index is -0.236. The first-order valence-electron chi connectivity index (χ1n) is 8.90. The Morgan fingerprint density at radius 2 is 1.81 bits per heavy atom. The Bertz CT molecular complexity index is 819. The molecule has 0 aromatic heterocycles. The van der Waals surface area contributed by atoms with Crippen LogP contribution in [0.5, 0.6) is 5.75 Å². The number of carbonyl (C=O) groups excluding carboxylic acids is 2. The highest BCUT2D eigenvalue weighted by molar-refractivity contribution is 8.18. The van der Waals surface area contributed by atoms with E-state index in [1.165, 1.54) is 10.5 Å². The predicted octanol–water partition coefficient (Wildman–Crippen LogP) is 3.91. The van der Waals surface area contributed by atoms with Gasteiger partial charge in [-0.1, -0.05) is 42.5 Å². The van der Waals surface area contributed by atoms with E-state index in [2.05, 4.69) is 5.32 Å². The van der Waals surface area contributed by atoms with Crippen molar-refractivity contribution in [1.82, 2.24) is 10.2 Å². The number of hydrogen-bond donors (Lipinski definition) is 1. The molecule has 140 valence electrons. The van der Waals surface area contributed by atoms with Crippen LogP contribution in [0.4, 0.5) is 4.79 Å². The molecule has 0 radical (unpaired) electrons. The van der Waals surface area contributed by atoms with Crippen molar-refractivity contribution in [2.24, 2.45) is 0 Å². The number of amides is 2. The monoisotopic (exact) mass is 382 g/mol. The molecule has 2 aromatic carbocycles. The zero-order valence-electron chi connectivity index (χ0n) is 15.2. The van der Waals surface area contributed by atoms with Crippen LogP contribution in [0.1, 0.15) is 18.1 Å². The molecule has 1 saturated heterocycles. The van der Waals surface area contributed by atoms with Crippen LogP contribution in [0.3, 0.4) is 0 Å². The molecule has 6 heteroatoms. The molecule has 1 N–H and O–H groups in total. The van der Waals surface area contributed by atoms with Crippen molar-refractivity contribution in [1.29, 1.82) is 0 Å². The summed E-state index contributed by atoms with van der Waals surface area (Å²) < 4.78 is 5.41. The van der Waals surface area contributed by atoms with Gasteiger partial charge in [-0.2, -0.15) is 0 Å². The Hall–Kier alpha value is -2.57. The van der Waals surface area contributed by atoms with E-state index in [9.17, 15) is 9.59 Å². The maximum Gasteiger partial charge on any atom is 0.293 e. The van der Waals surface area contributed by atoms with Gasteiger partial charge in [-0.3, -0.25) is 14.5 Å². The Kier molecular flexibility index (Phi) is 6.68. The highest BCUT2D eigenvalue weighted by Gasteiger charge is 2.34. The van der Waals surface area contributed by atoms with Gasteiger partial charge in [0.2, 0.25) is 0 Å². The topological polar surface area (TPSA) is 58.6 Å². The number of carbonyl (C=O) groups is 2. The second-order valence-corrected chi connectivity index (χ2v) is 6.99. The van der Waals surface area contributed by atoms with Crippen molar-refractivity contribution in [2.45, 2.75) is 13.5 Å². The lowest BCUT2D eigenvalue weighted by molar-refractivity contribution is -0.122. The van der Waals surface area contributed by atoms with Gasteiger partial charge in [0.1, 0.15) is 5.75 Å². The smallest absolute Gasteiger partial charge is 0.293 e. The van der Waals surface area contributed by atoms with Gasteiger partial charge in [0.15, 0.2) is 0 Å². The third-order valence-corrected chi connectivity index (χ3v) is 4.95. The largest absolute Gasteiger partial charge is 0.494 e. The number of nitrogens with zero attached hydrogens (tertiary/aromatic N) is 1. The van der Waals surface area contributed by atoms with Gasteiger partial charge in [0.25, 0.3) is 11.1 Å². The molecule has 5 nitrogen and oxygen atoms in total. The minimum absolute atomic E-state index is 0.223. The Morgan fingerprint density at radius 1 is 1.07 bits per heavy atom. The molecular weight excluding hydrogens is 360 g/mol. The van der Waals surface area contributed by atoms with E-state index in [1.54, 1.807) is 6.08 Å². The number of hydrogen-bond acceptors (Lipinski definition) is 5. The summed E-state index contributed by atoms with van der Waals surface area (Å²) in [6, 6.07) is 17.5. The van der Waals surface area contributed by atoms with Gasteiger partial charge in [0.05, 0.1) is 11.5 Å². The molecule has 2 amide bonds. The van der Waals surface area contributed by atoms with Gasteiger partial charge in [0, 0.05) is 19.6 Å². The first-order chi connectivity index (χ1) is 13.2. The fourth-order valence-electron chi connectivity index (χ4n) is 2.69. The number of nitrogens with one attached hydrogen (secondary N) is 1. The van der Waals surface area contributed by atoms with Crippen molar-refractivity contribution in [3.05, 3.63) is 70.6 Å². The van der Waals surface area contributed by atoms with E-state index >= 15 is 0 Å². The summed E-state index contributed by atoms with van der Waals surface area (Å²) in [6.07, 6.45) is 1.75. The summed E-state index contributed by atoms with van der Waals surface area (Å²) in [6.45, 7) is 4.16. The van der Waals surface area contributed by atoms with E-state index in [-0.39, 0.29) is 11.1 Å². The fourth-order valence-corrected chi connectivity index (χ4v) is 3.56. The highest BCUT2D eigenvalue weighted by Crippen LogP contribution is 2.32. The number of ether oxygens (including phenoxy) is 1. The molecule has 0 spiro atoms. The van der Waals surface area contributed by atoms with Crippen molar-refractivity contribution < 1.29 is 14.3 Å². The summed E-state index contributed by atoms with van der Waals surface area (Å²) in [5.74, 6) is 0.549. The average Bonchev–Trinajstić information content (AvgIpc) is 2.95. The Morgan fingerprint density at radius 3 is 2.52 bits per heavy atom. The van der Waals surface area contributed by atoms with Crippen LogP contribution in [0.2, 0.25) is 0 Å². The second-order valence-electron chi connectivity index (χ2n) is 6.00. The highest BCUT2D eigenvalue weighted by atomic mass is 32.2. The lowest BCUT2D eigenvalue weighted by Crippen LogP contribution is -2.35. The zero-order valence-corrected chi connectivity index (χ0v) is 16.0. The van der Waals surface area contributed by atoms with Crippen LogP contribution in [-0.4, -0.2) is 35.7 Å². The first-order valence-corrected chi connectivity index (χ1v) is 9.72. The van der Waals surface area contributed by atoms with E-state index in [4.69, 9.17) is 4.74 Å². The molecule has 0 aliphatic carbocycles. The first kappa shape index (κ1) is 19.2. The normalized spacial score (nSPS) is 15.6. The van der Waals surface area contributed by atoms with Gasteiger partial charge < -0.3 is 10.1 Å². The average molecular weight is 382 g/mol. The van der Waals surface area contributed by atoms with Gasteiger partial charge >= 0.3 is 0 Å². The molecule has 0 saturated carbocycles. The van der Waals surface area contributed by atoms with Crippen LogP contribution in [0.15, 0.2) is 59.5 Å². The van der Waals surface area contributed by atoms with Gasteiger partial charge in [-0.15, -0.1) is 0 Å². The molecular formula is C21H22N2O3S. The predicted molar refractivity (Wildman–Crippen MR) is 108 cm³/mol. The maximum absolute atomic E-state index is 12.5. The number of benzene rings is 2. The molecule has 0 bridgehead atoms. The van der Waals surface area contributed by atoms with E-state index in [1.807, 2.05) is 61.5 Å². The molecule has 2 aromatic rings. The standard InChI is InChI=1S/C21H22N2O3S/c1-2-26-18-10-8-16(9-11-18)14-19-20(24)23(21(25)27-19)13-12-22-15-17-6-4-3-5-7-17/h3-11,14,22H,2,12-13,15H2,1H3/b19-14+. The number of thioether (sulfide) groups is 1. The summed E-state index contributed by atoms with van der Waals surface area (Å²) in [7, 11) is 0. The summed E-state index contributed by atoms with van der Waals surface area (Å²) in [5, 5.41) is 3.04. The third-order valence-electron chi connectivity index (χ3n) is 4.05. The molecule has 0 atom stereocenters. The lowest BCUT2D eigenvalue weighted by Gasteiger charge is -2.13. The number of rotatable bonds is 8. The van der Waals surface area contributed by atoms with Crippen LogP contribution in [0.25, 0.3) is 6.08 Å². The Balaban J connectivity index is 1.54. The summed E-state index contributed by atoms with van der Waals surface area (Å²) >= 11 is 0.985. The van der Waals surface area contributed by atoms with Crippen LogP contribution in [-0.2, 0) is 11.3 Å². The quantitative estimate of drug-likeness (QED) is 0.554. The van der Waals surface area contributed by atoms with Crippen LogP contribution < -0.4 is 10.1 Å².